The lowest BCUT2D eigenvalue weighted by Crippen LogP contribution is -2.10. The highest BCUT2D eigenvalue weighted by Crippen LogP contribution is 2.22. The summed E-state index contributed by atoms with van der Waals surface area (Å²) in [7, 11) is 0. The average molecular weight is 273 g/mol. The number of aryl methyl sites for hydroxylation is 2. The third-order valence-electron chi connectivity index (χ3n) is 3.27. The molecule has 0 saturated heterocycles. The fraction of sp³-hybridized carbons (Fsp3) is 0.200. The second-order valence-corrected chi connectivity index (χ2v) is 4.77. The van der Waals surface area contributed by atoms with Crippen molar-refractivity contribution < 1.29 is 14.3 Å². The molecular formula is C15H15NO4. The van der Waals surface area contributed by atoms with E-state index in [1.54, 1.807) is 12.1 Å². The van der Waals surface area contributed by atoms with Gasteiger partial charge in [-0.05, 0) is 50.1 Å². The maximum Gasteiger partial charge on any atom is 0.331 e. The van der Waals surface area contributed by atoms with Gasteiger partial charge in [-0.15, -0.1) is 0 Å². The van der Waals surface area contributed by atoms with Crippen molar-refractivity contribution in [2.24, 2.45) is 0 Å². The number of carboxylic acids is 1. The van der Waals surface area contributed by atoms with Crippen LogP contribution in [-0.4, -0.2) is 11.1 Å². The van der Waals surface area contributed by atoms with E-state index in [2.05, 4.69) is 0 Å². The quantitative estimate of drug-likeness (QED) is 0.820. The van der Waals surface area contributed by atoms with Gasteiger partial charge >= 0.3 is 5.97 Å². The fourth-order valence-corrected chi connectivity index (χ4v) is 1.90. The van der Waals surface area contributed by atoms with E-state index >= 15 is 0 Å². The molecule has 1 heterocycles. The number of hydrogen-bond donors (Lipinski definition) is 2. The molecule has 0 saturated carbocycles. The fourth-order valence-electron chi connectivity index (χ4n) is 1.90. The van der Waals surface area contributed by atoms with Gasteiger partial charge in [0.15, 0.2) is 0 Å². The van der Waals surface area contributed by atoms with Crippen LogP contribution in [0.1, 0.15) is 23.6 Å². The predicted molar refractivity (Wildman–Crippen MR) is 77.7 cm³/mol. The van der Waals surface area contributed by atoms with Crippen LogP contribution in [0.3, 0.4) is 0 Å². The van der Waals surface area contributed by atoms with Gasteiger partial charge < -0.3 is 15.3 Å². The molecule has 20 heavy (non-hydrogen) atoms. The van der Waals surface area contributed by atoms with Crippen LogP contribution in [-0.2, 0) is 4.79 Å². The minimum Gasteiger partial charge on any atom is -0.478 e. The highest BCUT2D eigenvalue weighted by atomic mass is 16.4. The molecular weight excluding hydrogens is 258 g/mol. The molecule has 0 spiro atoms. The van der Waals surface area contributed by atoms with Crippen LogP contribution in [0, 0.1) is 13.8 Å². The van der Waals surface area contributed by atoms with Gasteiger partial charge in [-0.3, -0.25) is 4.79 Å². The molecule has 0 atom stereocenters. The number of anilines is 1. The highest BCUT2D eigenvalue weighted by molar-refractivity contribution is 5.93. The Balaban J connectivity index is 2.82. The molecule has 0 aliphatic rings. The van der Waals surface area contributed by atoms with Crippen molar-refractivity contribution in [1.29, 1.82) is 0 Å². The van der Waals surface area contributed by atoms with E-state index in [1.807, 2.05) is 13.8 Å². The smallest absolute Gasteiger partial charge is 0.331 e. The van der Waals surface area contributed by atoms with E-state index in [4.69, 9.17) is 15.3 Å². The number of nitrogen functional groups attached to an aromatic ring is 1. The zero-order chi connectivity index (χ0) is 15.0. The Morgan fingerprint density at radius 3 is 2.50 bits per heavy atom. The van der Waals surface area contributed by atoms with Crippen molar-refractivity contribution in [2.75, 3.05) is 5.73 Å². The number of nitrogens with two attached hydrogens (primary N) is 1. The van der Waals surface area contributed by atoms with E-state index in [1.165, 1.54) is 13.0 Å². The summed E-state index contributed by atoms with van der Waals surface area (Å²) in [5.41, 5.74) is 7.84. The van der Waals surface area contributed by atoms with Crippen LogP contribution < -0.4 is 11.2 Å². The molecule has 0 aliphatic carbocycles. The van der Waals surface area contributed by atoms with Crippen LogP contribution >= 0.6 is 0 Å². The van der Waals surface area contributed by atoms with Gasteiger partial charge in [-0.25, -0.2) is 4.79 Å². The first-order chi connectivity index (χ1) is 9.31. The summed E-state index contributed by atoms with van der Waals surface area (Å²) in [5.74, 6) is -1.18. The van der Waals surface area contributed by atoms with E-state index in [-0.39, 0.29) is 22.4 Å². The molecule has 0 radical (unpaired) electrons. The van der Waals surface area contributed by atoms with Gasteiger partial charge in [0.2, 0.25) is 11.3 Å². The van der Waals surface area contributed by atoms with E-state index in [9.17, 15) is 9.59 Å². The summed E-state index contributed by atoms with van der Waals surface area (Å²) >= 11 is 0. The minimum atomic E-state index is -1.11. The Morgan fingerprint density at radius 1 is 1.30 bits per heavy atom. The second kappa shape index (κ2) is 4.85. The Hall–Kier alpha value is -2.56. The van der Waals surface area contributed by atoms with E-state index in [0.29, 0.717) is 11.0 Å². The van der Waals surface area contributed by atoms with Crippen LogP contribution in [0.25, 0.3) is 17.0 Å². The number of carboxylic acid groups (broad SMARTS) is 1. The third-order valence-corrected chi connectivity index (χ3v) is 3.27. The Morgan fingerprint density at radius 2 is 1.90 bits per heavy atom. The number of fused-ring (bicyclic) bond motifs is 1. The molecule has 5 heteroatoms. The van der Waals surface area contributed by atoms with Crippen LogP contribution in [0.2, 0.25) is 0 Å². The number of rotatable bonds is 2. The first-order valence-corrected chi connectivity index (χ1v) is 6.06. The number of aliphatic carboxylic acids is 1. The molecule has 0 unspecified atom stereocenters. The number of benzene rings is 1. The SMILES string of the molecule is C/C(=C\c1c(N)oc2cc(C)c(C)cc2c1=O)C(=O)O. The molecule has 104 valence electrons. The third kappa shape index (κ3) is 2.30. The average Bonchev–Trinajstić information content (AvgIpc) is 2.37. The maximum absolute atomic E-state index is 12.4. The van der Waals surface area contributed by atoms with Gasteiger partial charge in [-0.1, -0.05) is 0 Å². The molecule has 3 N–H and O–H groups in total. The molecule has 2 aromatic rings. The standard InChI is InChI=1S/C15H15NO4/c1-7-4-10-12(6-8(7)2)20-14(16)11(13(10)17)5-9(3)15(18)19/h4-6H,16H2,1-3H3,(H,18,19)/b9-5+. The summed E-state index contributed by atoms with van der Waals surface area (Å²) in [6, 6.07) is 3.48. The van der Waals surface area contributed by atoms with Crippen molar-refractivity contribution in [2.45, 2.75) is 20.8 Å². The molecule has 0 amide bonds. The molecule has 1 aromatic heterocycles. The first kappa shape index (κ1) is 13.9. The highest BCUT2D eigenvalue weighted by Gasteiger charge is 2.13. The van der Waals surface area contributed by atoms with E-state index in [0.717, 1.165) is 11.1 Å². The van der Waals surface area contributed by atoms with Gasteiger partial charge in [0, 0.05) is 5.57 Å². The van der Waals surface area contributed by atoms with Gasteiger partial charge in [0.1, 0.15) is 5.58 Å². The zero-order valence-corrected chi connectivity index (χ0v) is 11.5. The molecule has 2 rings (SSSR count). The van der Waals surface area contributed by atoms with E-state index < -0.39 is 5.97 Å². The molecule has 0 aliphatic heterocycles. The Kier molecular flexibility index (Phi) is 3.36. The number of carbonyl (C=O) groups is 1. The lowest BCUT2D eigenvalue weighted by Gasteiger charge is -2.06. The lowest BCUT2D eigenvalue weighted by molar-refractivity contribution is -0.132. The van der Waals surface area contributed by atoms with Gasteiger partial charge in [-0.2, -0.15) is 0 Å². The summed E-state index contributed by atoms with van der Waals surface area (Å²) in [6.07, 6.45) is 1.23. The predicted octanol–water partition coefficient (Wildman–Crippen LogP) is 2.48. The van der Waals surface area contributed by atoms with Crippen LogP contribution in [0.15, 0.2) is 26.9 Å². The lowest BCUT2D eigenvalue weighted by atomic mass is 10.0. The summed E-state index contributed by atoms with van der Waals surface area (Å²) in [4.78, 5) is 23.2. The topological polar surface area (TPSA) is 93.5 Å². The monoisotopic (exact) mass is 273 g/mol. The molecule has 0 bridgehead atoms. The molecule has 0 fully saturated rings. The second-order valence-electron chi connectivity index (χ2n) is 4.77. The summed E-state index contributed by atoms with van der Waals surface area (Å²) in [6.45, 7) is 5.20. The van der Waals surface area contributed by atoms with Crippen molar-refractivity contribution in [3.63, 3.8) is 0 Å². The minimum absolute atomic E-state index is 0.0205. The van der Waals surface area contributed by atoms with Crippen molar-refractivity contribution in [3.8, 4) is 0 Å². The summed E-state index contributed by atoms with van der Waals surface area (Å²) in [5, 5.41) is 9.27. The van der Waals surface area contributed by atoms with Crippen LogP contribution in [0.5, 0.6) is 0 Å². The van der Waals surface area contributed by atoms with Crippen molar-refractivity contribution in [3.05, 3.63) is 44.6 Å². The van der Waals surface area contributed by atoms with Gasteiger partial charge in [0.25, 0.3) is 0 Å². The Bertz CT molecular complexity index is 800. The first-order valence-electron chi connectivity index (χ1n) is 6.06. The Labute approximate surface area is 115 Å². The largest absolute Gasteiger partial charge is 0.478 e. The van der Waals surface area contributed by atoms with Crippen molar-refractivity contribution >= 4 is 28.9 Å². The normalized spacial score (nSPS) is 11.8. The van der Waals surface area contributed by atoms with Gasteiger partial charge in [0.05, 0.1) is 10.9 Å². The molecule has 1 aromatic carbocycles. The maximum atomic E-state index is 12.4. The zero-order valence-electron chi connectivity index (χ0n) is 11.5. The molecule has 5 nitrogen and oxygen atoms in total. The van der Waals surface area contributed by atoms with Crippen molar-refractivity contribution in [1.82, 2.24) is 0 Å². The summed E-state index contributed by atoms with van der Waals surface area (Å²) < 4.78 is 5.43. The number of hydrogen-bond acceptors (Lipinski definition) is 4. The van der Waals surface area contributed by atoms with Crippen LogP contribution in [0.4, 0.5) is 5.88 Å².